The first-order valence-electron chi connectivity index (χ1n) is 10.6. The maximum Gasteiger partial charge on any atom is 0.255 e. The molecule has 4 rings (SSSR count). The van der Waals surface area contributed by atoms with Crippen molar-refractivity contribution in [1.29, 1.82) is 0 Å². The predicted molar refractivity (Wildman–Crippen MR) is 132 cm³/mol. The minimum Gasteiger partial charge on any atom is -0.489 e. The van der Waals surface area contributed by atoms with Crippen molar-refractivity contribution in [2.24, 2.45) is 0 Å². The number of rotatable bonds is 8. The molecule has 0 unspecified atom stereocenters. The molecule has 1 amide bonds. The van der Waals surface area contributed by atoms with E-state index in [1.807, 2.05) is 30.3 Å². The molecule has 1 N–H and O–H groups in total. The molecule has 168 valence electrons. The Kier molecular flexibility index (Phi) is 7.33. The molecule has 0 spiro atoms. The maximum atomic E-state index is 12.8. The molecule has 0 bridgehead atoms. The molecule has 33 heavy (non-hydrogen) atoms. The van der Waals surface area contributed by atoms with Gasteiger partial charge < -0.3 is 10.1 Å². The van der Waals surface area contributed by atoms with Crippen LogP contribution < -0.4 is 10.1 Å². The molecule has 1 heterocycles. The largest absolute Gasteiger partial charge is 0.489 e. The summed E-state index contributed by atoms with van der Waals surface area (Å²) in [4.78, 5) is 12.8. The standard InChI is InChI=1S/C26H23Cl2N3O2/c1-2-18-9-11-22(12-10-18)33-17-19-5-3-6-20(13-19)26(32)30-21-14-29-31(15-21)16-23-24(27)7-4-8-25(23)28/h3-15H,2,16-17H2,1H3,(H,30,32). The highest BCUT2D eigenvalue weighted by molar-refractivity contribution is 6.35. The topological polar surface area (TPSA) is 56.1 Å². The van der Waals surface area contributed by atoms with Crippen molar-refractivity contribution in [1.82, 2.24) is 9.78 Å². The Balaban J connectivity index is 1.37. The zero-order valence-corrected chi connectivity index (χ0v) is 19.6. The summed E-state index contributed by atoms with van der Waals surface area (Å²) in [6.45, 7) is 2.90. The van der Waals surface area contributed by atoms with Gasteiger partial charge in [0.15, 0.2) is 0 Å². The van der Waals surface area contributed by atoms with E-state index in [4.69, 9.17) is 27.9 Å². The van der Waals surface area contributed by atoms with Crippen LogP contribution in [0.1, 0.15) is 34.0 Å². The fourth-order valence-corrected chi connectivity index (χ4v) is 3.87. The molecule has 5 nitrogen and oxygen atoms in total. The van der Waals surface area contributed by atoms with E-state index in [0.717, 1.165) is 23.3 Å². The number of carbonyl (C=O) groups is 1. The van der Waals surface area contributed by atoms with Crippen molar-refractivity contribution in [3.8, 4) is 5.75 Å². The van der Waals surface area contributed by atoms with Crippen molar-refractivity contribution in [2.75, 3.05) is 5.32 Å². The van der Waals surface area contributed by atoms with Gasteiger partial charge in [-0.05, 0) is 53.9 Å². The molecule has 0 aliphatic rings. The van der Waals surface area contributed by atoms with E-state index in [1.165, 1.54) is 5.56 Å². The van der Waals surface area contributed by atoms with Gasteiger partial charge in [0.2, 0.25) is 0 Å². The molecule has 0 aliphatic carbocycles. The van der Waals surface area contributed by atoms with Crippen LogP contribution in [-0.4, -0.2) is 15.7 Å². The van der Waals surface area contributed by atoms with Crippen molar-refractivity contribution in [3.05, 3.63) is 111 Å². The van der Waals surface area contributed by atoms with Crippen molar-refractivity contribution >= 4 is 34.8 Å². The third-order valence-electron chi connectivity index (χ3n) is 5.20. The molecular weight excluding hydrogens is 457 g/mol. The number of aryl methyl sites for hydroxylation is 1. The van der Waals surface area contributed by atoms with E-state index in [9.17, 15) is 4.79 Å². The van der Waals surface area contributed by atoms with E-state index in [0.29, 0.717) is 34.4 Å². The van der Waals surface area contributed by atoms with Gasteiger partial charge in [0.05, 0.1) is 18.4 Å². The van der Waals surface area contributed by atoms with E-state index in [-0.39, 0.29) is 5.91 Å². The highest BCUT2D eigenvalue weighted by atomic mass is 35.5. The van der Waals surface area contributed by atoms with Crippen LogP contribution >= 0.6 is 23.2 Å². The summed E-state index contributed by atoms with van der Waals surface area (Å²) in [5.74, 6) is 0.576. The summed E-state index contributed by atoms with van der Waals surface area (Å²) in [5, 5.41) is 8.32. The molecular formula is C26H23Cl2N3O2. The molecule has 4 aromatic rings. The summed E-state index contributed by atoms with van der Waals surface area (Å²) in [6.07, 6.45) is 4.32. The summed E-state index contributed by atoms with van der Waals surface area (Å²) in [7, 11) is 0. The second kappa shape index (κ2) is 10.6. The minimum atomic E-state index is -0.223. The Morgan fingerprint density at radius 2 is 1.73 bits per heavy atom. The van der Waals surface area contributed by atoms with Gasteiger partial charge in [0, 0.05) is 27.4 Å². The third kappa shape index (κ3) is 5.95. The minimum absolute atomic E-state index is 0.223. The number of carbonyl (C=O) groups excluding carboxylic acids is 1. The second-order valence-electron chi connectivity index (χ2n) is 7.57. The number of hydrogen-bond acceptors (Lipinski definition) is 3. The van der Waals surface area contributed by atoms with Crippen molar-refractivity contribution in [3.63, 3.8) is 0 Å². The normalized spacial score (nSPS) is 10.8. The van der Waals surface area contributed by atoms with Gasteiger partial charge in [-0.1, -0.05) is 60.5 Å². The van der Waals surface area contributed by atoms with Crippen LogP contribution in [0.4, 0.5) is 5.69 Å². The lowest BCUT2D eigenvalue weighted by molar-refractivity contribution is 0.102. The van der Waals surface area contributed by atoms with E-state index in [2.05, 4.69) is 29.5 Å². The third-order valence-corrected chi connectivity index (χ3v) is 5.91. The Labute approximate surface area is 202 Å². The number of halogens is 2. The van der Waals surface area contributed by atoms with Crippen LogP contribution in [0.15, 0.2) is 79.1 Å². The molecule has 0 radical (unpaired) electrons. The first-order valence-corrected chi connectivity index (χ1v) is 11.3. The molecule has 1 aromatic heterocycles. The number of ether oxygens (including phenoxy) is 1. The summed E-state index contributed by atoms with van der Waals surface area (Å²) < 4.78 is 7.53. The van der Waals surface area contributed by atoms with Crippen LogP contribution in [-0.2, 0) is 19.6 Å². The van der Waals surface area contributed by atoms with Gasteiger partial charge in [-0.2, -0.15) is 5.10 Å². The Bertz CT molecular complexity index is 1230. The zero-order chi connectivity index (χ0) is 23.2. The Morgan fingerprint density at radius 1 is 1.00 bits per heavy atom. The fourth-order valence-electron chi connectivity index (χ4n) is 3.35. The zero-order valence-electron chi connectivity index (χ0n) is 18.1. The lowest BCUT2D eigenvalue weighted by atomic mass is 10.1. The number of anilines is 1. The lowest BCUT2D eigenvalue weighted by Crippen LogP contribution is -2.12. The van der Waals surface area contributed by atoms with Crippen LogP contribution in [0.25, 0.3) is 0 Å². The van der Waals surface area contributed by atoms with Gasteiger partial charge in [-0.3, -0.25) is 9.48 Å². The SMILES string of the molecule is CCc1ccc(OCc2cccc(C(=O)Nc3cnn(Cc4c(Cl)cccc4Cl)c3)c2)cc1. The van der Waals surface area contributed by atoms with Crippen molar-refractivity contribution < 1.29 is 9.53 Å². The van der Waals surface area contributed by atoms with Crippen LogP contribution in [0.2, 0.25) is 10.0 Å². The highest BCUT2D eigenvalue weighted by Gasteiger charge is 2.11. The van der Waals surface area contributed by atoms with Gasteiger partial charge in [0.25, 0.3) is 5.91 Å². The number of hydrogen-bond donors (Lipinski definition) is 1. The van der Waals surface area contributed by atoms with E-state index >= 15 is 0 Å². The number of aromatic nitrogens is 2. The second-order valence-corrected chi connectivity index (χ2v) is 8.38. The van der Waals surface area contributed by atoms with Gasteiger partial charge in [0.1, 0.15) is 12.4 Å². The molecule has 0 aliphatic heterocycles. The smallest absolute Gasteiger partial charge is 0.255 e. The first kappa shape index (κ1) is 22.9. The van der Waals surface area contributed by atoms with E-state index < -0.39 is 0 Å². The fraction of sp³-hybridized carbons (Fsp3) is 0.154. The first-order chi connectivity index (χ1) is 16.0. The highest BCUT2D eigenvalue weighted by Crippen LogP contribution is 2.25. The number of benzene rings is 3. The monoisotopic (exact) mass is 479 g/mol. The maximum absolute atomic E-state index is 12.8. The molecule has 3 aromatic carbocycles. The molecule has 0 saturated heterocycles. The summed E-state index contributed by atoms with van der Waals surface area (Å²) >= 11 is 12.5. The van der Waals surface area contributed by atoms with Crippen LogP contribution in [0.3, 0.4) is 0 Å². The van der Waals surface area contributed by atoms with E-state index in [1.54, 1.807) is 41.3 Å². The predicted octanol–water partition coefficient (Wildman–Crippen LogP) is 6.63. The lowest BCUT2D eigenvalue weighted by Gasteiger charge is -2.09. The summed E-state index contributed by atoms with van der Waals surface area (Å²) in [5.41, 5.74) is 4.07. The van der Waals surface area contributed by atoms with Crippen molar-refractivity contribution in [2.45, 2.75) is 26.5 Å². The average Bonchev–Trinajstić information content (AvgIpc) is 3.27. The number of amides is 1. The molecule has 0 saturated carbocycles. The molecule has 0 atom stereocenters. The van der Waals surface area contributed by atoms with Gasteiger partial charge >= 0.3 is 0 Å². The molecule has 7 heteroatoms. The summed E-state index contributed by atoms with van der Waals surface area (Å²) in [6, 6.07) is 20.8. The van der Waals surface area contributed by atoms with Crippen LogP contribution in [0, 0.1) is 0 Å². The quantitative estimate of drug-likeness (QED) is 0.308. The average molecular weight is 480 g/mol. The Morgan fingerprint density at radius 3 is 2.45 bits per heavy atom. The van der Waals surface area contributed by atoms with Gasteiger partial charge in [-0.15, -0.1) is 0 Å². The van der Waals surface area contributed by atoms with Crippen LogP contribution in [0.5, 0.6) is 5.75 Å². The van der Waals surface area contributed by atoms with Gasteiger partial charge in [-0.25, -0.2) is 0 Å². The number of nitrogens with one attached hydrogen (secondary N) is 1. The number of nitrogens with zero attached hydrogens (tertiary/aromatic N) is 2. The molecule has 0 fully saturated rings. The Hall–Kier alpha value is -3.28.